The predicted octanol–water partition coefficient (Wildman–Crippen LogP) is 5.23. The third-order valence-corrected chi connectivity index (χ3v) is 6.06. The number of hydrogen-bond donors (Lipinski definition) is 2. The summed E-state index contributed by atoms with van der Waals surface area (Å²) in [6, 6.07) is 15.8. The van der Waals surface area contributed by atoms with Gasteiger partial charge in [0, 0.05) is 54.9 Å². The van der Waals surface area contributed by atoms with Gasteiger partial charge in [-0.15, -0.1) is 36.6 Å². The second-order valence-corrected chi connectivity index (χ2v) is 8.52. The molecule has 5 nitrogen and oxygen atoms in total. The molecule has 0 aromatic heterocycles. The van der Waals surface area contributed by atoms with Gasteiger partial charge in [-0.25, -0.2) is 4.79 Å². The standard InChI is InChI=1S/C22H29ClN4OS.2ClH/c1-29-21-9-7-20(8-10-21)25-22(28)24-11-2-12-26-13-15-27(16-14-26)17-18-3-5-19(23)6-4-18;;/h3-10H,2,11-17H2,1H3,(H2,24,25,28);2*1H. The maximum Gasteiger partial charge on any atom is 0.319 e. The summed E-state index contributed by atoms with van der Waals surface area (Å²) in [5.41, 5.74) is 2.12. The summed E-state index contributed by atoms with van der Waals surface area (Å²) in [4.78, 5) is 18.1. The van der Waals surface area contributed by atoms with Crippen molar-refractivity contribution in [2.45, 2.75) is 17.9 Å². The molecule has 0 saturated carbocycles. The molecule has 1 heterocycles. The number of benzene rings is 2. The summed E-state index contributed by atoms with van der Waals surface area (Å²) in [7, 11) is 0. The lowest BCUT2D eigenvalue weighted by Crippen LogP contribution is -2.46. The Morgan fingerprint density at radius 2 is 1.58 bits per heavy atom. The van der Waals surface area contributed by atoms with Crippen molar-refractivity contribution < 1.29 is 4.79 Å². The first-order valence-corrected chi connectivity index (χ1v) is 11.6. The number of hydrogen-bond acceptors (Lipinski definition) is 4. The number of anilines is 1. The fourth-order valence-corrected chi connectivity index (χ4v) is 3.91. The summed E-state index contributed by atoms with van der Waals surface area (Å²) in [6.45, 7) is 6.95. The normalized spacial score (nSPS) is 14.3. The number of carbonyl (C=O) groups is 1. The summed E-state index contributed by atoms with van der Waals surface area (Å²) in [6.07, 6.45) is 2.99. The smallest absolute Gasteiger partial charge is 0.319 e. The van der Waals surface area contributed by atoms with Gasteiger partial charge >= 0.3 is 6.03 Å². The highest BCUT2D eigenvalue weighted by Gasteiger charge is 2.16. The van der Waals surface area contributed by atoms with Crippen LogP contribution in [0.25, 0.3) is 0 Å². The highest BCUT2D eigenvalue weighted by molar-refractivity contribution is 7.98. The second kappa shape index (κ2) is 14.8. The van der Waals surface area contributed by atoms with E-state index in [0.29, 0.717) is 6.54 Å². The minimum atomic E-state index is -0.144. The van der Waals surface area contributed by atoms with Crippen LogP contribution in [0.4, 0.5) is 10.5 Å². The molecule has 3 rings (SSSR count). The van der Waals surface area contributed by atoms with Gasteiger partial charge in [0.2, 0.25) is 0 Å². The maximum atomic E-state index is 12.0. The Hall–Kier alpha value is -1.15. The molecule has 172 valence electrons. The van der Waals surface area contributed by atoms with Crippen LogP contribution in [-0.4, -0.2) is 61.4 Å². The minimum Gasteiger partial charge on any atom is -0.338 e. The van der Waals surface area contributed by atoms with E-state index >= 15 is 0 Å². The number of thioether (sulfide) groups is 1. The van der Waals surface area contributed by atoms with Gasteiger partial charge in [0.1, 0.15) is 0 Å². The molecule has 0 aliphatic carbocycles. The molecule has 0 atom stereocenters. The van der Waals surface area contributed by atoms with Crippen LogP contribution in [0.1, 0.15) is 12.0 Å². The number of nitrogens with one attached hydrogen (secondary N) is 2. The van der Waals surface area contributed by atoms with Crippen molar-refractivity contribution in [3.8, 4) is 0 Å². The third-order valence-electron chi connectivity index (χ3n) is 5.07. The Morgan fingerprint density at radius 3 is 2.19 bits per heavy atom. The molecule has 2 aromatic rings. The molecule has 1 aliphatic rings. The van der Waals surface area contributed by atoms with Crippen LogP contribution in [-0.2, 0) is 6.54 Å². The first-order chi connectivity index (χ1) is 14.1. The molecular formula is C22H31Cl3N4OS. The fourth-order valence-electron chi connectivity index (χ4n) is 3.37. The van der Waals surface area contributed by atoms with Crippen molar-refractivity contribution >= 4 is 59.9 Å². The summed E-state index contributed by atoms with van der Waals surface area (Å²) >= 11 is 7.64. The minimum absolute atomic E-state index is 0. The highest BCUT2D eigenvalue weighted by atomic mass is 35.5. The van der Waals surface area contributed by atoms with Crippen molar-refractivity contribution in [2.24, 2.45) is 0 Å². The molecular weight excluding hydrogens is 475 g/mol. The topological polar surface area (TPSA) is 47.6 Å². The lowest BCUT2D eigenvalue weighted by molar-refractivity contribution is 0.126. The average molecular weight is 506 g/mol. The van der Waals surface area contributed by atoms with Crippen LogP contribution in [0.15, 0.2) is 53.4 Å². The second-order valence-electron chi connectivity index (χ2n) is 7.21. The first kappa shape index (κ1) is 27.9. The van der Waals surface area contributed by atoms with Gasteiger partial charge in [0.25, 0.3) is 0 Å². The lowest BCUT2D eigenvalue weighted by Gasteiger charge is -2.34. The first-order valence-electron chi connectivity index (χ1n) is 10.0. The van der Waals surface area contributed by atoms with E-state index in [1.54, 1.807) is 11.8 Å². The zero-order valence-electron chi connectivity index (χ0n) is 17.7. The Labute approximate surface area is 207 Å². The maximum absolute atomic E-state index is 12.0. The number of rotatable bonds is 8. The van der Waals surface area contributed by atoms with E-state index in [2.05, 4.69) is 32.6 Å². The predicted molar refractivity (Wildman–Crippen MR) is 138 cm³/mol. The molecule has 2 aromatic carbocycles. The van der Waals surface area contributed by atoms with Gasteiger partial charge in [-0.1, -0.05) is 23.7 Å². The van der Waals surface area contributed by atoms with Crippen LogP contribution in [0.2, 0.25) is 5.02 Å². The summed E-state index contributed by atoms with van der Waals surface area (Å²) < 4.78 is 0. The van der Waals surface area contributed by atoms with E-state index in [1.165, 1.54) is 10.5 Å². The number of halogens is 3. The number of amides is 2. The van der Waals surface area contributed by atoms with Gasteiger partial charge in [0.05, 0.1) is 0 Å². The Balaban J connectivity index is 0.00000240. The van der Waals surface area contributed by atoms with Gasteiger partial charge in [0.15, 0.2) is 0 Å². The zero-order valence-corrected chi connectivity index (χ0v) is 20.9. The Morgan fingerprint density at radius 1 is 0.968 bits per heavy atom. The molecule has 0 spiro atoms. The van der Waals surface area contributed by atoms with E-state index in [4.69, 9.17) is 11.6 Å². The van der Waals surface area contributed by atoms with Gasteiger partial charge in [-0.3, -0.25) is 4.90 Å². The van der Waals surface area contributed by atoms with Gasteiger partial charge in [-0.05, 0) is 61.2 Å². The van der Waals surface area contributed by atoms with Crippen LogP contribution < -0.4 is 10.6 Å². The van der Waals surface area contributed by atoms with Gasteiger partial charge in [-0.2, -0.15) is 0 Å². The van der Waals surface area contributed by atoms with Crippen LogP contribution in [0.3, 0.4) is 0 Å². The van der Waals surface area contributed by atoms with Crippen molar-refractivity contribution in [3.63, 3.8) is 0 Å². The largest absolute Gasteiger partial charge is 0.338 e. The molecule has 0 unspecified atom stereocenters. The van der Waals surface area contributed by atoms with Crippen LogP contribution in [0, 0.1) is 0 Å². The number of carbonyl (C=O) groups excluding carboxylic acids is 1. The van der Waals surface area contributed by atoms with Crippen molar-refractivity contribution in [2.75, 3.05) is 50.8 Å². The van der Waals surface area contributed by atoms with E-state index in [0.717, 1.165) is 56.4 Å². The molecule has 1 saturated heterocycles. The Bertz CT molecular complexity index is 769. The molecule has 1 aliphatic heterocycles. The van der Waals surface area contributed by atoms with Crippen molar-refractivity contribution in [3.05, 3.63) is 59.1 Å². The molecule has 0 bridgehead atoms. The van der Waals surface area contributed by atoms with Crippen LogP contribution >= 0.6 is 48.2 Å². The lowest BCUT2D eigenvalue weighted by atomic mass is 10.2. The summed E-state index contributed by atoms with van der Waals surface area (Å²) in [5, 5.41) is 6.60. The molecule has 0 radical (unpaired) electrons. The molecule has 9 heteroatoms. The highest BCUT2D eigenvalue weighted by Crippen LogP contribution is 2.17. The Kier molecular flexibility index (Phi) is 13.3. The SMILES string of the molecule is CSc1ccc(NC(=O)NCCCN2CCN(Cc3ccc(Cl)cc3)CC2)cc1.Cl.Cl. The third kappa shape index (κ3) is 9.89. The van der Waals surface area contributed by atoms with Gasteiger partial charge < -0.3 is 15.5 Å². The van der Waals surface area contributed by atoms with Crippen LogP contribution in [0.5, 0.6) is 0 Å². The van der Waals surface area contributed by atoms with E-state index < -0.39 is 0 Å². The van der Waals surface area contributed by atoms with E-state index in [9.17, 15) is 4.79 Å². The fraction of sp³-hybridized carbons (Fsp3) is 0.409. The number of piperazine rings is 1. The number of urea groups is 1. The van der Waals surface area contributed by atoms with E-state index in [-0.39, 0.29) is 30.8 Å². The zero-order chi connectivity index (χ0) is 20.5. The van der Waals surface area contributed by atoms with E-state index in [1.807, 2.05) is 42.7 Å². The molecule has 2 amide bonds. The molecule has 2 N–H and O–H groups in total. The van der Waals surface area contributed by atoms with Crippen molar-refractivity contribution in [1.82, 2.24) is 15.1 Å². The average Bonchev–Trinajstić information content (AvgIpc) is 2.74. The monoisotopic (exact) mass is 504 g/mol. The quantitative estimate of drug-likeness (QED) is 0.381. The summed E-state index contributed by atoms with van der Waals surface area (Å²) in [5.74, 6) is 0. The number of nitrogens with zero attached hydrogens (tertiary/aromatic N) is 2. The molecule has 1 fully saturated rings. The van der Waals surface area contributed by atoms with Crippen molar-refractivity contribution in [1.29, 1.82) is 0 Å². The molecule has 31 heavy (non-hydrogen) atoms.